The molecule has 0 heterocycles. The van der Waals surface area contributed by atoms with Crippen molar-refractivity contribution in [1.82, 2.24) is 0 Å². The minimum atomic E-state index is -0.757. The maximum atomic E-state index is 9.14. The second-order valence-electron chi connectivity index (χ2n) is 1.78. The Bertz CT molecular complexity index is 152. The summed E-state index contributed by atoms with van der Waals surface area (Å²) >= 11 is 0. The molecule has 0 saturated heterocycles. The van der Waals surface area contributed by atoms with E-state index in [9.17, 15) is 0 Å². The summed E-state index contributed by atoms with van der Waals surface area (Å²) in [5, 5.41) is 9.14. The molecule has 0 spiro atoms. The molecule has 0 aliphatic carbocycles. The molecule has 0 saturated carbocycles. The van der Waals surface area contributed by atoms with E-state index in [1.807, 2.05) is 0 Å². The minimum absolute atomic E-state index is 0.382. The van der Waals surface area contributed by atoms with Crippen LogP contribution in [-0.2, 0) is 4.74 Å². The van der Waals surface area contributed by atoms with Crippen molar-refractivity contribution in [2.24, 2.45) is 0 Å². The third kappa shape index (κ3) is 2.67. The molecule has 1 N–H and O–H groups in total. The van der Waals surface area contributed by atoms with Gasteiger partial charge in [-0.3, -0.25) is 0 Å². The first-order chi connectivity index (χ1) is 4.76. The van der Waals surface area contributed by atoms with Gasteiger partial charge in [0, 0.05) is 7.11 Å². The predicted octanol–water partition coefficient (Wildman–Crippen LogP) is 0.572. The van der Waals surface area contributed by atoms with Crippen LogP contribution in [0.15, 0.2) is 12.7 Å². The largest absolute Gasteiger partial charge is 0.377 e. The normalized spacial score (nSPS) is 14.7. The Balaban J connectivity index is 3.96. The van der Waals surface area contributed by atoms with Crippen LogP contribution in [0.4, 0.5) is 0 Å². The van der Waals surface area contributed by atoms with Crippen LogP contribution in [0.25, 0.3) is 0 Å². The van der Waals surface area contributed by atoms with Gasteiger partial charge in [0.05, 0.1) is 0 Å². The Kier molecular flexibility index (Phi) is 4.65. The summed E-state index contributed by atoms with van der Waals surface area (Å²) in [7, 11) is 1.51. The first kappa shape index (κ1) is 9.22. The number of hydrogen-bond donors (Lipinski definition) is 1. The monoisotopic (exact) mass is 140 g/mol. The molecule has 0 amide bonds. The Morgan fingerprint density at radius 2 is 2.30 bits per heavy atom. The van der Waals surface area contributed by atoms with Gasteiger partial charge in [0.2, 0.25) is 0 Å². The molecule has 0 aromatic carbocycles. The standard InChI is InChI=1S/C8H12O2/c1-4-6-7(9)8(5-2)10-3/h5,7-9H,2H2,1,3H3/t7-,8-/m1/s1. The van der Waals surface area contributed by atoms with Crippen LogP contribution in [0.1, 0.15) is 6.92 Å². The lowest BCUT2D eigenvalue weighted by molar-refractivity contribution is 0.0479. The Morgan fingerprint density at radius 3 is 2.60 bits per heavy atom. The molecule has 56 valence electrons. The maximum Gasteiger partial charge on any atom is 0.144 e. The van der Waals surface area contributed by atoms with E-state index in [1.165, 1.54) is 13.2 Å². The highest BCUT2D eigenvalue weighted by Crippen LogP contribution is 1.97. The topological polar surface area (TPSA) is 29.5 Å². The summed E-state index contributed by atoms with van der Waals surface area (Å²) in [4.78, 5) is 0. The lowest BCUT2D eigenvalue weighted by Gasteiger charge is -2.11. The van der Waals surface area contributed by atoms with E-state index in [1.54, 1.807) is 6.92 Å². The fourth-order valence-corrected chi connectivity index (χ4v) is 0.584. The zero-order chi connectivity index (χ0) is 7.98. The third-order valence-electron chi connectivity index (χ3n) is 1.11. The SMILES string of the molecule is C=C[C@@H](OC)[C@H](O)C#CC. The molecular formula is C8H12O2. The molecule has 0 radical (unpaired) electrons. The minimum Gasteiger partial charge on any atom is -0.377 e. The van der Waals surface area contributed by atoms with Crippen LogP contribution in [0, 0.1) is 11.8 Å². The van der Waals surface area contributed by atoms with Crippen molar-refractivity contribution in [3.63, 3.8) is 0 Å². The van der Waals surface area contributed by atoms with Crippen LogP contribution in [-0.4, -0.2) is 24.4 Å². The summed E-state index contributed by atoms with van der Waals surface area (Å²) in [5.74, 6) is 5.15. The molecule has 2 nitrogen and oxygen atoms in total. The number of rotatable bonds is 3. The van der Waals surface area contributed by atoms with Crippen LogP contribution >= 0.6 is 0 Å². The molecule has 0 fully saturated rings. The number of hydrogen-bond acceptors (Lipinski definition) is 2. The lowest BCUT2D eigenvalue weighted by atomic mass is 10.2. The van der Waals surface area contributed by atoms with E-state index >= 15 is 0 Å². The van der Waals surface area contributed by atoms with Gasteiger partial charge < -0.3 is 9.84 Å². The molecule has 0 rings (SSSR count). The molecule has 2 heteroatoms. The van der Waals surface area contributed by atoms with Crippen LogP contribution in [0.2, 0.25) is 0 Å². The predicted molar refractivity (Wildman–Crippen MR) is 40.5 cm³/mol. The Labute approximate surface area is 61.5 Å². The van der Waals surface area contributed by atoms with Crippen molar-refractivity contribution < 1.29 is 9.84 Å². The summed E-state index contributed by atoms with van der Waals surface area (Å²) in [6.07, 6.45) is 0.384. The molecule has 0 unspecified atom stereocenters. The van der Waals surface area contributed by atoms with E-state index in [-0.39, 0.29) is 6.10 Å². The number of ether oxygens (including phenoxy) is 1. The number of aliphatic hydroxyl groups excluding tert-OH is 1. The first-order valence-corrected chi connectivity index (χ1v) is 3.02. The molecule has 0 aromatic rings. The van der Waals surface area contributed by atoms with E-state index in [2.05, 4.69) is 18.4 Å². The Morgan fingerprint density at radius 1 is 1.70 bits per heavy atom. The van der Waals surface area contributed by atoms with Crippen molar-refractivity contribution in [2.75, 3.05) is 7.11 Å². The lowest BCUT2D eigenvalue weighted by Crippen LogP contribution is -2.23. The van der Waals surface area contributed by atoms with Gasteiger partial charge in [-0.1, -0.05) is 12.0 Å². The van der Waals surface area contributed by atoms with Gasteiger partial charge in [-0.05, 0) is 6.92 Å². The van der Waals surface area contributed by atoms with E-state index in [4.69, 9.17) is 9.84 Å². The van der Waals surface area contributed by atoms with Crippen LogP contribution < -0.4 is 0 Å². The van der Waals surface area contributed by atoms with Crippen molar-refractivity contribution in [3.05, 3.63) is 12.7 Å². The Hall–Kier alpha value is -0.780. The van der Waals surface area contributed by atoms with Gasteiger partial charge in [-0.2, -0.15) is 0 Å². The fraction of sp³-hybridized carbons (Fsp3) is 0.500. The molecular weight excluding hydrogens is 128 g/mol. The highest BCUT2D eigenvalue weighted by molar-refractivity contribution is 5.08. The average Bonchev–Trinajstić information content (AvgIpc) is 1.91. The maximum absolute atomic E-state index is 9.14. The fourth-order valence-electron chi connectivity index (χ4n) is 0.584. The zero-order valence-corrected chi connectivity index (χ0v) is 6.29. The summed E-state index contributed by atoms with van der Waals surface area (Å²) in [5.41, 5.74) is 0. The first-order valence-electron chi connectivity index (χ1n) is 3.02. The molecule has 0 aliphatic rings. The van der Waals surface area contributed by atoms with Gasteiger partial charge in [-0.15, -0.1) is 12.5 Å². The average molecular weight is 140 g/mol. The molecule has 0 bridgehead atoms. The van der Waals surface area contributed by atoms with Crippen LogP contribution in [0.3, 0.4) is 0 Å². The smallest absolute Gasteiger partial charge is 0.144 e. The van der Waals surface area contributed by atoms with Crippen molar-refractivity contribution in [3.8, 4) is 11.8 Å². The van der Waals surface area contributed by atoms with E-state index < -0.39 is 6.10 Å². The van der Waals surface area contributed by atoms with Crippen molar-refractivity contribution in [2.45, 2.75) is 19.1 Å². The van der Waals surface area contributed by atoms with Gasteiger partial charge in [0.1, 0.15) is 12.2 Å². The van der Waals surface area contributed by atoms with Gasteiger partial charge in [-0.25, -0.2) is 0 Å². The second-order valence-corrected chi connectivity index (χ2v) is 1.78. The van der Waals surface area contributed by atoms with Gasteiger partial charge in [0.15, 0.2) is 0 Å². The van der Waals surface area contributed by atoms with Crippen molar-refractivity contribution in [1.29, 1.82) is 0 Å². The molecule has 0 aliphatic heterocycles. The van der Waals surface area contributed by atoms with E-state index in [0.717, 1.165) is 0 Å². The third-order valence-corrected chi connectivity index (χ3v) is 1.11. The van der Waals surface area contributed by atoms with Gasteiger partial charge >= 0.3 is 0 Å². The summed E-state index contributed by atoms with van der Waals surface area (Å²) < 4.78 is 4.84. The quantitative estimate of drug-likeness (QED) is 0.459. The van der Waals surface area contributed by atoms with Crippen LogP contribution in [0.5, 0.6) is 0 Å². The molecule has 2 atom stereocenters. The molecule has 0 aromatic heterocycles. The van der Waals surface area contributed by atoms with Crippen molar-refractivity contribution >= 4 is 0 Å². The second kappa shape index (κ2) is 5.04. The van der Waals surface area contributed by atoms with Gasteiger partial charge in [0.25, 0.3) is 0 Å². The number of aliphatic hydroxyl groups is 1. The zero-order valence-electron chi connectivity index (χ0n) is 6.29. The number of methoxy groups -OCH3 is 1. The highest BCUT2D eigenvalue weighted by atomic mass is 16.5. The molecule has 10 heavy (non-hydrogen) atoms. The summed E-state index contributed by atoms with van der Waals surface area (Å²) in [6.45, 7) is 5.15. The summed E-state index contributed by atoms with van der Waals surface area (Å²) in [6, 6.07) is 0. The van der Waals surface area contributed by atoms with E-state index in [0.29, 0.717) is 0 Å². The highest BCUT2D eigenvalue weighted by Gasteiger charge is 2.10.